The molecule has 18 heavy (non-hydrogen) atoms. The minimum absolute atomic E-state index is 0.321. The van der Waals surface area contributed by atoms with E-state index in [4.69, 9.17) is 4.74 Å². The lowest BCUT2D eigenvalue weighted by Crippen LogP contribution is -2.31. The Labute approximate surface area is 105 Å². The number of methoxy groups -OCH3 is 2. The predicted octanol–water partition coefficient (Wildman–Crippen LogP) is 1.24. The van der Waals surface area contributed by atoms with Gasteiger partial charge in [0.05, 0.1) is 19.3 Å². The Morgan fingerprint density at radius 2 is 1.83 bits per heavy atom. The van der Waals surface area contributed by atoms with Gasteiger partial charge in [0.25, 0.3) is 0 Å². The summed E-state index contributed by atoms with van der Waals surface area (Å²) in [7, 11) is 2.88. The third kappa shape index (κ3) is 4.42. The Morgan fingerprint density at radius 1 is 1.17 bits per heavy atom. The monoisotopic (exact) mass is 252 g/mol. The summed E-state index contributed by atoms with van der Waals surface area (Å²) in [5.41, 5.74) is 1.03. The molecular formula is C12H16N2O4. The molecule has 0 aliphatic heterocycles. The molecule has 1 aromatic rings. The van der Waals surface area contributed by atoms with E-state index in [0.29, 0.717) is 24.4 Å². The van der Waals surface area contributed by atoms with Gasteiger partial charge in [-0.25, -0.2) is 9.59 Å². The second kappa shape index (κ2) is 7.29. The number of hydrogen-bond acceptors (Lipinski definition) is 4. The first kappa shape index (κ1) is 14.0. The van der Waals surface area contributed by atoms with Crippen molar-refractivity contribution in [1.82, 2.24) is 5.32 Å². The highest BCUT2D eigenvalue weighted by molar-refractivity contribution is 5.92. The number of carbonyl (C=O) groups excluding carboxylic acids is 2. The van der Waals surface area contributed by atoms with Gasteiger partial charge in [-0.1, -0.05) is 0 Å². The fraction of sp³-hybridized carbons (Fsp3) is 0.333. The molecule has 2 amide bonds. The number of urea groups is 1. The van der Waals surface area contributed by atoms with Crippen molar-refractivity contribution in [1.29, 1.82) is 0 Å². The van der Waals surface area contributed by atoms with Crippen LogP contribution in [0.3, 0.4) is 0 Å². The Balaban J connectivity index is 2.48. The third-order valence-corrected chi connectivity index (χ3v) is 2.16. The summed E-state index contributed by atoms with van der Waals surface area (Å²) in [6, 6.07) is 6.09. The van der Waals surface area contributed by atoms with E-state index in [9.17, 15) is 9.59 Å². The lowest BCUT2D eigenvalue weighted by Gasteiger charge is -2.07. The summed E-state index contributed by atoms with van der Waals surface area (Å²) in [6.07, 6.45) is 0. The van der Waals surface area contributed by atoms with E-state index in [1.165, 1.54) is 7.11 Å². The fourth-order valence-electron chi connectivity index (χ4n) is 1.25. The van der Waals surface area contributed by atoms with E-state index < -0.39 is 5.97 Å². The number of rotatable bonds is 5. The summed E-state index contributed by atoms with van der Waals surface area (Å²) in [5.74, 6) is -0.411. The molecule has 6 nitrogen and oxygen atoms in total. The van der Waals surface area contributed by atoms with Crippen LogP contribution in [0.4, 0.5) is 10.5 Å². The molecule has 0 bridgehead atoms. The van der Waals surface area contributed by atoms with Gasteiger partial charge >= 0.3 is 12.0 Å². The molecule has 1 aromatic carbocycles. The molecule has 0 fully saturated rings. The van der Waals surface area contributed by atoms with Crippen LogP contribution in [0, 0.1) is 0 Å². The Hall–Kier alpha value is -2.08. The van der Waals surface area contributed by atoms with Crippen LogP contribution >= 0.6 is 0 Å². The van der Waals surface area contributed by atoms with E-state index >= 15 is 0 Å². The summed E-state index contributed by atoms with van der Waals surface area (Å²) < 4.78 is 9.37. The average Bonchev–Trinajstić information content (AvgIpc) is 2.39. The first-order chi connectivity index (χ1) is 8.67. The second-order valence-corrected chi connectivity index (χ2v) is 3.44. The number of ether oxygens (including phenoxy) is 2. The molecule has 0 atom stereocenters. The van der Waals surface area contributed by atoms with Crippen LogP contribution in [0.2, 0.25) is 0 Å². The molecule has 0 heterocycles. The van der Waals surface area contributed by atoms with E-state index in [-0.39, 0.29) is 6.03 Å². The van der Waals surface area contributed by atoms with Crippen molar-refractivity contribution < 1.29 is 19.1 Å². The zero-order valence-corrected chi connectivity index (χ0v) is 10.4. The normalized spacial score (nSPS) is 9.67. The molecule has 0 spiro atoms. The van der Waals surface area contributed by atoms with Crippen molar-refractivity contribution in [2.75, 3.05) is 32.7 Å². The van der Waals surface area contributed by atoms with Gasteiger partial charge in [0.15, 0.2) is 0 Å². The maximum atomic E-state index is 11.4. The molecule has 98 valence electrons. The first-order valence-corrected chi connectivity index (χ1v) is 5.39. The molecule has 0 radical (unpaired) electrons. The SMILES string of the molecule is COCCNC(=O)Nc1ccc(C(=O)OC)cc1. The third-order valence-electron chi connectivity index (χ3n) is 2.16. The summed E-state index contributed by atoms with van der Waals surface area (Å²) in [5, 5.41) is 5.24. The van der Waals surface area contributed by atoms with Gasteiger partial charge in [0.2, 0.25) is 0 Å². The number of nitrogens with one attached hydrogen (secondary N) is 2. The van der Waals surface area contributed by atoms with Crippen LogP contribution in [-0.2, 0) is 9.47 Å². The summed E-state index contributed by atoms with van der Waals surface area (Å²) in [6.45, 7) is 0.886. The maximum absolute atomic E-state index is 11.4. The molecule has 1 rings (SSSR count). The number of anilines is 1. The Bertz CT molecular complexity index is 403. The molecular weight excluding hydrogens is 236 g/mol. The van der Waals surface area contributed by atoms with E-state index in [2.05, 4.69) is 15.4 Å². The van der Waals surface area contributed by atoms with Crippen molar-refractivity contribution >= 4 is 17.7 Å². The largest absolute Gasteiger partial charge is 0.465 e. The smallest absolute Gasteiger partial charge is 0.337 e. The minimum atomic E-state index is -0.411. The highest BCUT2D eigenvalue weighted by Crippen LogP contribution is 2.10. The number of amides is 2. The van der Waals surface area contributed by atoms with Gasteiger partial charge in [-0.3, -0.25) is 0 Å². The molecule has 0 aliphatic carbocycles. The van der Waals surface area contributed by atoms with Crippen LogP contribution in [0.15, 0.2) is 24.3 Å². The lowest BCUT2D eigenvalue weighted by molar-refractivity contribution is 0.0601. The molecule has 0 saturated carbocycles. The highest BCUT2D eigenvalue weighted by atomic mass is 16.5. The topological polar surface area (TPSA) is 76.7 Å². The van der Waals surface area contributed by atoms with Crippen molar-refractivity contribution in [2.24, 2.45) is 0 Å². The Morgan fingerprint density at radius 3 is 2.39 bits per heavy atom. The van der Waals surface area contributed by atoms with Gasteiger partial charge in [0, 0.05) is 19.3 Å². The zero-order valence-electron chi connectivity index (χ0n) is 10.4. The van der Waals surface area contributed by atoms with E-state index in [1.807, 2.05) is 0 Å². The number of esters is 1. The van der Waals surface area contributed by atoms with Gasteiger partial charge in [-0.05, 0) is 24.3 Å². The number of hydrogen-bond donors (Lipinski definition) is 2. The molecule has 0 aromatic heterocycles. The van der Waals surface area contributed by atoms with Crippen LogP contribution in [-0.4, -0.2) is 39.4 Å². The number of carbonyl (C=O) groups is 2. The quantitative estimate of drug-likeness (QED) is 0.610. The molecule has 0 saturated heterocycles. The first-order valence-electron chi connectivity index (χ1n) is 5.39. The summed E-state index contributed by atoms with van der Waals surface area (Å²) in [4.78, 5) is 22.6. The van der Waals surface area contributed by atoms with Crippen molar-refractivity contribution in [2.45, 2.75) is 0 Å². The summed E-state index contributed by atoms with van der Waals surface area (Å²) >= 11 is 0. The lowest BCUT2D eigenvalue weighted by atomic mass is 10.2. The standard InChI is InChI=1S/C12H16N2O4/c1-17-8-7-13-12(16)14-10-5-3-9(4-6-10)11(15)18-2/h3-6H,7-8H2,1-2H3,(H2,13,14,16). The average molecular weight is 252 g/mol. The Kier molecular flexibility index (Phi) is 5.66. The van der Waals surface area contributed by atoms with Crippen molar-refractivity contribution in [3.8, 4) is 0 Å². The van der Waals surface area contributed by atoms with Crippen LogP contribution in [0.1, 0.15) is 10.4 Å². The van der Waals surface area contributed by atoms with E-state index in [0.717, 1.165) is 0 Å². The van der Waals surface area contributed by atoms with Crippen LogP contribution < -0.4 is 10.6 Å². The fourth-order valence-corrected chi connectivity index (χ4v) is 1.25. The second-order valence-electron chi connectivity index (χ2n) is 3.44. The zero-order chi connectivity index (χ0) is 13.4. The van der Waals surface area contributed by atoms with Crippen LogP contribution in [0.5, 0.6) is 0 Å². The van der Waals surface area contributed by atoms with Crippen LogP contribution in [0.25, 0.3) is 0 Å². The predicted molar refractivity (Wildman–Crippen MR) is 66.7 cm³/mol. The van der Waals surface area contributed by atoms with Crippen molar-refractivity contribution in [3.63, 3.8) is 0 Å². The number of benzene rings is 1. The molecule has 2 N–H and O–H groups in total. The van der Waals surface area contributed by atoms with Crippen molar-refractivity contribution in [3.05, 3.63) is 29.8 Å². The minimum Gasteiger partial charge on any atom is -0.465 e. The molecule has 6 heteroatoms. The maximum Gasteiger partial charge on any atom is 0.337 e. The van der Waals surface area contributed by atoms with Gasteiger partial charge < -0.3 is 20.1 Å². The van der Waals surface area contributed by atoms with Gasteiger partial charge in [-0.2, -0.15) is 0 Å². The van der Waals surface area contributed by atoms with E-state index in [1.54, 1.807) is 31.4 Å². The molecule has 0 aliphatic rings. The highest BCUT2D eigenvalue weighted by Gasteiger charge is 2.05. The molecule has 0 unspecified atom stereocenters. The van der Waals surface area contributed by atoms with Gasteiger partial charge in [-0.15, -0.1) is 0 Å². The van der Waals surface area contributed by atoms with Gasteiger partial charge in [0.1, 0.15) is 0 Å².